The normalized spacial score (nSPS) is 18.1. The largest absolute Gasteiger partial charge is 0.374 e. The zero-order chi connectivity index (χ0) is 10.2. The van der Waals surface area contributed by atoms with Crippen LogP contribution in [0.5, 0.6) is 0 Å². The van der Waals surface area contributed by atoms with Gasteiger partial charge in [0.1, 0.15) is 6.10 Å². The van der Waals surface area contributed by atoms with Gasteiger partial charge in [0.25, 0.3) is 0 Å². The van der Waals surface area contributed by atoms with Gasteiger partial charge in [-0.15, -0.1) is 13.2 Å². The van der Waals surface area contributed by atoms with Gasteiger partial charge in [-0.2, -0.15) is 0 Å². The fourth-order valence-electron chi connectivity index (χ4n) is 1.05. The van der Waals surface area contributed by atoms with Crippen molar-refractivity contribution < 1.29 is 9.47 Å². The van der Waals surface area contributed by atoms with E-state index in [1.807, 2.05) is 18.2 Å². The van der Waals surface area contributed by atoms with E-state index in [1.165, 1.54) is 5.56 Å². The molecule has 2 heteroatoms. The average Bonchev–Trinajstić information content (AvgIpc) is 3.07. The zero-order valence-electron chi connectivity index (χ0n) is 8.32. The number of rotatable bonds is 4. The van der Waals surface area contributed by atoms with Gasteiger partial charge in [-0.05, 0) is 5.56 Å². The van der Waals surface area contributed by atoms with Gasteiger partial charge in [-0.3, -0.25) is 0 Å². The predicted molar refractivity (Wildman–Crippen MR) is 57.1 cm³/mol. The lowest BCUT2D eigenvalue weighted by Crippen LogP contribution is -2.00. The van der Waals surface area contributed by atoms with Crippen molar-refractivity contribution in [3.63, 3.8) is 0 Å². The third kappa shape index (κ3) is 4.21. The first kappa shape index (κ1) is 11.0. The summed E-state index contributed by atoms with van der Waals surface area (Å²) >= 11 is 0. The van der Waals surface area contributed by atoms with E-state index in [0.29, 0.717) is 12.7 Å². The lowest BCUT2D eigenvalue weighted by Gasteiger charge is -2.00. The minimum absolute atomic E-state index is 0.369. The first-order valence-electron chi connectivity index (χ1n) is 4.68. The maximum Gasteiger partial charge on any atom is 0.104 e. The molecule has 1 aliphatic rings. The number of ether oxygens (including phenoxy) is 2. The maximum atomic E-state index is 5.42. The molecule has 0 spiro atoms. The highest BCUT2D eigenvalue weighted by molar-refractivity contribution is 5.13. The van der Waals surface area contributed by atoms with Gasteiger partial charge >= 0.3 is 0 Å². The minimum atomic E-state index is 0.369. The third-order valence-corrected chi connectivity index (χ3v) is 1.82. The van der Waals surface area contributed by atoms with Crippen molar-refractivity contribution in [3.8, 4) is 0 Å². The smallest absolute Gasteiger partial charge is 0.104 e. The fourth-order valence-corrected chi connectivity index (χ4v) is 1.05. The summed E-state index contributed by atoms with van der Waals surface area (Å²) in [6.07, 6.45) is 0.369. The van der Waals surface area contributed by atoms with Crippen molar-refractivity contribution in [2.45, 2.75) is 12.7 Å². The molecule has 1 fully saturated rings. The van der Waals surface area contributed by atoms with Gasteiger partial charge in [0, 0.05) is 0 Å². The Morgan fingerprint density at radius 3 is 2.50 bits per heavy atom. The lowest BCUT2D eigenvalue weighted by molar-refractivity contribution is 0.104. The van der Waals surface area contributed by atoms with E-state index in [-0.39, 0.29) is 0 Å². The number of hydrogen-bond donors (Lipinski definition) is 0. The Morgan fingerprint density at radius 2 is 1.93 bits per heavy atom. The van der Waals surface area contributed by atoms with E-state index >= 15 is 0 Å². The second kappa shape index (κ2) is 6.35. The van der Waals surface area contributed by atoms with Crippen molar-refractivity contribution in [3.05, 3.63) is 49.1 Å². The molecule has 2 nitrogen and oxygen atoms in total. The molecule has 0 N–H and O–H groups in total. The molecular formula is C12H16O2. The van der Waals surface area contributed by atoms with Gasteiger partial charge in [0.2, 0.25) is 0 Å². The highest BCUT2D eigenvalue weighted by Gasteiger charge is 2.21. The molecule has 1 unspecified atom stereocenters. The van der Waals surface area contributed by atoms with Crippen molar-refractivity contribution >= 4 is 0 Å². The summed E-state index contributed by atoms with van der Waals surface area (Å²) in [5, 5.41) is 0. The standard InChI is InChI=1S/C10H12O2.C2H4/c1-2-4-9(5-3-1)6-11-7-10-8-12-10;1-2/h1-5,10H,6-8H2;1-2H2. The van der Waals surface area contributed by atoms with Crippen molar-refractivity contribution in [2.75, 3.05) is 13.2 Å². The Labute approximate surface area is 85.2 Å². The topological polar surface area (TPSA) is 21.8 Å². The zero-order valence-corrected chi connectivity index (χ0v) is 8.32. The molecular weight excluding hydrogens is 176 g/mol. The Hall–Kier alpha value is -1.12. The molecule has 76 valence electrons. The van der Waals surface area contributed by atoms with Gasteiger partial charge in [0.05, 0.1) is 19.8 Å². The SMILES string of the molecule is C=C.c1ccc(COCC2CO2)cc1. The molecule has 14 heavy (non-hydrogen) atoms. The first-order chi connectivity index (χ1) is 6.95. The van der Waals surface area contributed by atoms with Crippen LogP contribution in [0.2, 0.25) is 0 Å². The minimum Gasteiger partial charge on any atom is -0.374 e. The molecule has 1 atom stereocenters. The van der Waals surface area contributed by atoms with E-state index in [2.05, 4.69) is 25.3 Å². The quantitative estimate of drug-likeness (QED) is 0.539. The third-order valence-electron chi connectivity index (χ3n) is 1.82. The highest BCUT2D eigenvalue weighted by atomic mass is 16.6. The fraction of sp³-hybridized carbons (Fsp3) is 0.333. The summed E-state index contributed by atoms with van der Waals surface area (Å²) < 4.78 is 10.4. The van der Waals surface area contributed by atoms with E-state index in [0.717, 1.165) is 13.2 Å². The molecule has 1 saturated heterocycles. The second-order valence-electron chi connectivity index (χ2n) is 2.96. The summed E-state index contributed by atoms with van der Waals surface area (Å²) in [4.78, 5) is 0. The maximum absolute atomic E-state index is 5.42. The van der Waals surface area contributed by atoms with Crippen LogP contribution >= 0.6 is 0 Å². The molecule has 1 aliphatic heterocycles. The van der Waals surface area contributed by atoms with Gasteiger partial charge in [0.15, 0.2) is 0 Å². The van der Waals surface area contributed by atoms with Crippen LogP contribution in [0.15, 0.2) is 43.5 Å². The van der Waals surface area contributed by atoms with E-state index in [9.17, 15) is 0 Å². The van der Waals surface area contributed by atoms with Crippen LogP contribution in [0.3, 0.4) is 0 Å². The van der Waals surface area contributed by atoms with Crippen LogP contribution in [0.4, 0.5) is 0 Å². The summed E-state index contributed by atoms with van der Waals surface area (Å²) in [5.74, 6) is 0. The van der Waals surface area contributed by atoms with Crippen LogP contribution in [-0.4, -0.2) is 19.3 Å². The first-order valence-corrected chi connectivity index (χ1v) is 4.68. The van der Waals surface area contributed by atoms with Crippen molar-refractivity contribution in [1.82, 2.24) is 0 Å². The summed E-state index contributed by atoms with van der Waals surface area (Å²) in [6.45, 7) is 8.30. The summed E-state index contributed by atoms with van der Waals surface area (Å²) in [6, 6.07) is 10.2. The molecule has 2 rings (SSSR count). The average molecular weight is 192 g/mol. The van der Waals surface area contributed by atoms with Crippen LogP contribution < -0.4 is 0 Å². The van der Waals surface area contributed by atoms with E-state index in [4.69, 9.17) is 9.47 Å². The van der Waals surface area contributed by atoms with Crippen molar-refractivity contribution in [1.29, 1.82) is 0 Å². The predicted octanol–water partition coefficient (Wildman–Crippen LogP) is 2.40. The summed E-state index contributed by atoms with van der Waals surface area (Å²) in [5.41, 5.74) is 1.22. The molecule has 0 saturated carbocycles. The van der Waals surface area contributed by atoms with Crippen LogP contribution in [0.1, 0.15) is 5.56 Å². The molecule has 0 amide bonds. The Bertz CT molecular complexity index is 242. The Morgan fingerprint density at radius 1 is 1.29 bits per heavy atom. The second-order valence-corrected chi connectivity index (χ2v) is 2.96. The summed E-state index contributed by atoms with van der Waals surface area (Å²) in [7, 11) is 0. The molecule has 0 aliphatic carbocycles. The lowest BCUT2D eigenvalue weighted by atomic mass is 10.2. The van der Waals surface area contributed by atoms with Gasteiger partial charge in [-0.25, -0.2) is 0 Å². The molecule has 0 bridgehead atoms. The Kier molecular flexibility index (Phi) is 4.97. The van der Waals surface area contributed by atoms with Crippen LogP contribution in [0.25, 0.3) is 0 Å². The molecule has 0 aromatic heterocycles. The molecule has 1 aromatic carbocycles. The van der Waals surface area contributed by atoms with Crippen LogP contribution in [-0.2, 0) is 16.1 Å². The monoisotopic (exact) mass is 192 g/mol. The Balaban J connectivity index is 0.000000461. The van der Waals surface area contributed by atoms with E-state index in [1.54, 1.807) is 0 Å². The van der Waals surface area contributed by atoms with Gasteiger partial charge < -0.3 is 9.47 Å². The number of epoxide rings is 1. The van der Waals surface area contributed by atoms with E-state index < -0.39 is 0 Å². The molecule has 1 heterocycles. The highest BCUT2D eigenvalue weighted by Crippen LogP contribution is 2.10. The van der Waals surface area contributed by atoms with Crippen molar-refractivity contribution in [2.24, 2.45) is 0 Å². The number of benzene rings is 1. The van der Waals surface area contributed by atoms with Crippen LogP contribution in [0, 0.1) is 0 Å². The molecule has 0 radical (unpaired) electrons. The number of hydrogen-bond acceptors (Lipinski definition) is 2. The molecule has 1 aromatic rings. The van der Waals surface area contributed by atoms with Gasteiger partial charge in [-0.1, -0.05) is 30.3 Å².